The standard InChI is InChI=1S/C13H17NO2/c14-12-7-6-11(8-12)13(15)16-9-10-4-2-1-3-5-10/h1-5,11-12H,6-9,14H2. The van der Waals surface area contributed by atoms with Gasteiger partial charge in [0.2, 0.25) is 0 Å². The number of hydrogen-bond acceptors (Lipinski definition) is 3. The van der Waals surface area contributed by atoms with Gasteiger partial charge in [-0.05, 0) is 24.8 Å². The molecule has 0 radical (unpaired) electrons. The van der Waals surface area contributed by atoms with Gasteiger partial charge in [0.1, 0.15) is 6.61 Å². The van der Waals surface area contributed by atoms with Crippen molar-refractivity contribution in [2.75, 3.05) is 0 Å². The van der Waals surface area contributed by atoms with Crippen LogP contribution in [0.25, 0.3) is 0 Å². The van der Waals surface area contributed by atoms with Crippen molar-refractivity contribution in [1.29, 1.82) is 0 Å². The Bertz CT molecular complexity index is 350. The number of nitrogens with two attached hydrogens (primary N) is 1. The predicted octanol–water partition coefficient (Wildman–Crippen LogP) is 1.86. The second-order valence-electron chi connectivity index (χ2n) is 4.36. The summed E-state index contributed by atoms with van der Waals surface area (Å²) in [6.45, 7) is 0.366. The fourth-order valence-electron chi connectivity index (χ4n) is 2.08. The molecule has 1 aliphatic carbocycles. The highest BCUT2D eigenvalue weighted by Gasteiger charge is 2.28. The van der Waals surface area contributed by atoms with E-state index in [0.29, 0.717) is 6.61 Å². The van der Waals surface area contributed by atoms with Gasteiger partial charge in [-0.2, -0.15) is 0 Å². The van der Waals surface area contributed by atoms with Crippen molar-refractivity contribution in [1.82, 2.24) is 0 Å². The third kappa shape index (κ3) is 2.83. The fourth-order valence-corrected chi connectivity index (χ4v) is 2.08. The van der Waals surface area contributed by atoms with Crippen LogP contribution in [0.1, 0.15) is 24.8 Å². The van der Waals surface area contributed by atoms with Gasteiger partial charge >= 0.3 is 5.97 Å². The smallest absolute Gasteiger partial charge is 0.309 e. The molecule has 0 heterocycles. The number of carbonyl (C=O) groups is 1. The number of rotatable bonds is 3. The average Bonchev–Trinajstić information content (AvgIpc) is 2.74. The maximum Gasteiger partial charge on any atom is 0.309 e. The summed E-state index contributed by atoms with van der Waals surface area (Å²) in [5, 5.41) is 0. The maximum atomic E-state index is 11.7. The maximum absolute atomic E-state index is 11.7. The van der Waals surface area contributed by atoms with E-state index in [-0.39, 0.29) is 17.9 Å². The minimum absolute atomic E-state index is 0.0127. The van der Waals surface area contributed by atoms with Crippen molar-refractivity contribution in [3.8, 4) is 0 Å². The molecular weight excluding hydrogens is 202 g/mol. The predicted molar refractivity (Wildman–Crippen MR) is 61.6 cm³/mol. The van der Waals surface area contributed by atoms with E-state index in [1.165, 1.54) is 0 Å². The third-order valence-electron chi connectivity index (χ3n) is 3.03. The van der Waals surface area contributed by atoms with Gasteiger partial charge in [0.05, 0.1) is 5.92 Å². The van der Waals surface area contributed by atoms with Crippen LogP contribution in [0.4, 0.5) is 0 Å². The summed E-state index contributed by atoms with van der Waals surface area (Å²) in [6.07, 6.45) is 2.58. The molecule has 0 spiro atoms. The topological polar surface area (TPSA) is 52.3 Å². The molecule has 1 aromatic rings. The van der Waals surface area contributed by atoms with Crippen LogP contribution in [0.15, 0.2) is 30.3 Å². The highest BCUT2D eigenvalue weighted by atomic mass is 16.5. The molecule has 1 aliphatic rings. The lowest BCUT2D eigenvalue weighted by molar-refractivity contribution is -0.149. The molecule has 0 aliphatic heterocycles. The first-order chi connectivity index (χ1) is 7.75. The normalized spacial score (nSPS) is 24.3. The van der Waals surface area contributed by atoms with E-state index >= 15 is 0 Å². The van der Waals surface area contributed by atoms with E-state index in [1.54, 1.807) is 0 Å². The first-order valence-electron chi connectivity index (χ1n) is 5.72. The summed E-state index contributed by atoms with van der Waals surface area (Å²) in [4.78, 5) is 11.7. The van der Waals surface area contributed by atoms with E-state index < -0.39 is 0 Å². The highest BCUT2D eigenvalue weighted by molar-refractivity contribution is 5.72. The zero-order valence-electron chi connectivity index (χ0n) is 9.26. The van der Waals surface area contributed by atoms with Gasteiger partial charge in [0.25, 0.3) is 0 Å². The minimum Gasteiger partial charge on any atom is -0.461 e. The SMILES string of the molecule is NC1CCC(C(=O)OCc2ccccc2)C1. The van der Waals surface area contributed by atoms with E-state index in [0.717, 1.165) is 24.8 Å². The Morgan fingerprint density at radius 2 is 2.06 bits per heavy atom. The summed E-state index contributed by atoms with van der Waals surface area (Å²) in [6, 6.07) is 9.90. The van der Waals surface area contributed by atoms with Crippen molar-refractivity contribution >= 4 is 5.97 Å². The Balaban J connectivity index is 1.80. The Morgan fingerprint density at radius 1 is 1.31 bits per heavy atom. The largest absolute Gasteiger partial charge is 0.461 e. The van der Waals surface area contributed by atoms with Crippen LogP contribution < -0.4 is 5.73 Å². The molecule has 3 heteroatoms. The van der Waals surface area contributed by atoms with Crippen LogP contribution in [-0.4, -0.2) is 12.0 Å². The van der Waals surface area contributed by atoms with Gasteiger partial charge in [-0.15, -0.1) is 0 Å². The zero-order valence-corrected chi connectivity index (χ0v) is 9.26. The monoisotopic (exact) mass is 219 g/mol. The second kappa shape index (κ2) is 5.12. The number of hydrogen-bond donors (Lipinski definition) is 1. The molecule has 16 heavy (non-hydrogen) atoms. The van der Waals surface area contributed by atoms with Gasteiger partial charge in [-0.1, -0.05) is 30.3 Å². The zero-order chi connectivity index (χ0) is 11.4. The summed E-state index contributed by atoms with van der Waals surface area (Å²) in [7, 11) is 0. The number of benzene rings is 1. The summed E-state index contributed by atoms with van der Waals surface area (Å²) in [5.74, 6) is -0.0875. The van der Waals surface area contributed by atoms with Crippen LogP contribution in [0.5, 0.6) is 0 Å². The Morgan fingerprint density at radius 3 is 2.69 bits per heavy atom. The molecular formula is C13H17NO2. The van der Waals surface area contributed by atoms with Crippen LogP contribution in [0.2, 0.25) is 0 Å². The molecule has 0 bridgehead atoms. The van der Waals surface area contributed by atoms with E-state index in [4.69, 9.17) is 10.5 Å². The molecule has 2 unspecified atom stereocenters. The second-order valence-corrected chi connectivity index (χ2v) is 4.36. The van der Waals surface area contributed by atoms with Gasteiger partial charge in [-0.25, -0.2) is 0 Å². The first-order valence-corrected chi connectivity index (χ1v) is 5.72. The molecule has 0 saturated heterocycles. The molecule has 86 valence electrons. The number of carbonyl (C=O) groups excluding carboxylic acids is 1. The van der Waals surface area contributed by atoms with Crippen molar-refractivity contribution in [2.24, 2.45) is 11.7 Å². The van der Waals surface area contributed by atoms with Gasteiger partial charge in [0.15, 0.2) is 0 Å². The minimum atomic E-state index is -0.100. The van der Waals surface area contributed by atoms with Crippen LogP contribution in [-0.2, 0) is 16.1 Å². The van der Waals surface area contributed by atoms with Gasteiger partial charge in [-0.3, -0.25) is 4.79 Å². The van der Waals surface area contributed by atoms with Crippen molar-refractivity contribution < 1.29 is 9.53 Å². The number of esters is 1. The molecule has 1 saturated carbocycles. The van der Waals surface area contributed by atoms with E-state index in [1.807, 2.05) is 30.3 Å². The van der Waals surface area contributed by atoms with Crippen molar-refractivity contribution in [2.45, 2.75) is 31.9 Å². The lowest BCUT2D eigenvalue weighted by Crippen LogP contribution is -2.19. The third-order valence-corrected chi connectivity index (χ3v) is 3.03. The van der Waals surface area contributed by atoms with Crippen LogP contribution >= 0.6 is 0 Å². The Hall–Kier alpha value is -1.35. The fraction of sp³-hybridized carbons (Fsp3) is 0.462. The van der Waals surface area contributed by atoms with Crippen LogP contribution in [0.3, 0.4) is 0 Å². The molecule has 0 aromatic heterocycles. The summed E-state index contributed by atoms with van der Waals surface area (Å²) >= 11 is 0. The molecule has 1 fully saturated rings. The molecule has 2 rings (SSSR count). The van der Waals surface area contributed by atoms with E-state index in [2.05, 4.69) is 0 Å². The van der Waals surface area contributed by atoms with Crippen LogP contribution in [0, 0.1) is 5.92 Å². The molecule has 3 nitrogen and oxygen atoms in total. The first kappa shape index (κ1) is 11.1. The van der Waals surface area contributed by atoms with E-state index in [9.17, 15) is 4.79 Å². The van der Waals surface area contributed by atoms with Crippen molar-refractivity contribution in [3.63, 3.8) is 0 Å². The Kier molecular flexibility index (Phi) is 3.57. The van der Waals surface area contributed by atoms with Gasteiger partial charge < -0.3 is 10.5 Å². The molecule has 0 amide bonds. The molecule has 2 N–H and O–H groups in total. The summed E-state index contributed by atoms with van der Waals surface area (Å²) < 4.78 is 5.27. The Labute approximate surface area is 95.6 Å². The van der Waals surface area contributed by atoms with Gasteiger partial charge in [0, 0.05) is 6.04 Å². The average molecular weight is 219 g/mol. The lowest BCUT2D eigenvalue weighted by Gasteiger charge is -2.09. The van der Waals surface area contributed by atoms with Crippen molar-refractivity contribution in [3.05, 3.63) is 35.9 Å². The molecule has 2 atom stereocenters. The number of ether oxygens (including phenoxy) is 1. The molecule has 1 aromatic carbocycles. The lowest BCUT2D eigenvalue weighted by atomic mass is 10.1. The summed E-state index contributed by atoms with van der Waals surface area (Å²) in [5.41, 5.74) is 6.79. The quantitative estimate of drug-likeness (QED) is 0.789. The highest BCUT2D eigenvalue weighted by Crippen LogP contribution is 2.25.